The third-order valence-electron chi connectivity index (χ3n) is 5.09. The predicted octanol–water partition coefficient (Wildman–Crippen LogP) is 4.39. The topological polar surface area (TPSA) is 66.5 Å². The smallest absolute Gasteiger partial charge is 0.273 e. The largest absolute Gasteiger partial charge is 0.335 e. The number of carbonyl (C=O) groups excluding carboxylic acids is 3. The molecule has 1 fully saturated rings. The van der Waals surface area contributed by atoms with Gasteiger partial charge in [0.2, 0.25) is 0 Å². The molecule has 0 spiro atoms. The van der Waals surface area contributed by atoms with Crippen molar-refractivity contribution in [3.05, 3.63) is 106 Å². The highest BCUT2D eigenvalue weighted by Crippen LogP contribution is 2.24. The molecule has 1 N–H and O–H groups in total. The summed E-state index contributed by atoms with van der Waals surface area (Å²) < 4.78 is 14.1. The van der Waals surface area contributed by atoms with Crippen molar-refractivity contribution in [2.45, 2.75) is 13.3 Å². The van der Waals surface area contributed by atoms with Gasteiger partial charge in [-0.2, -0.15) is 0 Å². The van der Waals surface area contributed by atoms with Crippen molar-refractivity contribution in [2.75, 3.05) is 4.90 Å². The highest BCUT2D eigenvalue weighted by Gasteiger charge is 2.36. The molecule has 0 aromatic heterocycles. The molecule has 1 aliphatic heterocycles. The Balaban J connectivity index is 1.71. The van der Waals surface area contributed by atoms with E-state index >= 15 is 0 Å². The molecule has 6 heteroatoms. The average molecular weight is 414 g/mol. The van der Waals surface area contributed by atoms with Gasteiger partial charge in [-0.15, -0.1) is 0 Å². The van der Waals surface area contributed by atoms with Crippen molar-refractivity contribution in [3.8, 4) is 0 Å². The van der Waals surface area contributed by atoms with Crippen LogP contribution in [0.5, 0.6) is 0 Å². The van der Waals surface area contributed by atoms with Crippen LogP contribution >= 0.6 is 0 Å². The molecule has 31 heavy (non-hydrogen) atoms. The molecule has 0 unspecified atom stereocenters. The zero-order chi connectivity index (χ0) is 22.0. The van der Waals surface area contributed by atoms with E-state index in [9.17, 15) is 18.8 Å². The first-order chi connectivity index (χ1) is 14.9. The van der Waals surface area contributed by atoms with Crippen LogP contribution in [0.15, 0.2) is 78.4 Å². The van der Waals surface area contributed by atoms with E-state index in [4.69, 9.17) is 0 Å². The molecular weight excluding hydrogens is 395 g/mol. The van der Waals surface area contributed by atoms with Crippen molar-refractivity contribution in [3.63, 3.8) is 0 Å². The average Bonchev–Trinajstić information content (AvgIpc) is 2.75. The number of aryl methyl sites for hydroxylation is 1. The standard InChI is InChI=1S/C25H19FN2O3/c1-16-10-12-20(13-11-16)28-24(30)21(23(29)27-25(28)31)15-18-7-3-2-6-17(18)14-19-8-4-5-9-22(19)26/h2-13,15H,14H2,1H3,(H,27,29,31)/b21-15+. The lowest BCUT2D eigenvalue weighted by molar-refractivity contribution is -0.122. The maximum absolute atomic E-state index is 14.1. The summed E-state index contributed by atoms with van der Waals surface area (Å²) >= 11 is 0. The second-order valence-corrected chi connectivity index (χ2v) is 7.26. The molecule has 4 rings (SSSR count). The number of rotatable bonds is 4. The quantitative estimate of drug-likeness (QED) is 0.509. The number of halogens is 1. The molecule has 1 heterocycles. The molecule has 0 saturated carbocycles. The fraction of sp³-hybridized carbons (Fsp3) is 0.0800. The van der Waals surface area contributed by atoms with Gasteiger partial charge in [-0.05, 0) is 47.9 Å². The minimum atomic E-state index is -0.796. The number of imide groups is 2. The van der Waals surface area contributed by atoms with Gasteiger partial charge in [0.15, 0.2) is 0 Å². The van der Waals surface area contributed by atoms with Crippen molar-refractivity contribution in [1.82, 2.24) is 5.32 Å². The fourth-order valence-corrected chi connectivity index (χ4v) is 3.42. The minimum Gasteiger partial charge on any atom is -0.273 e. The number of hydrogen-bond donors (Lipinski definition) is 1. The van der Waals surface area contributed by atoms with Crippen LogP contribution in [0.3, 0.4) is 0 Å². The van der Waals surface area contributed by atoms with Crippen LogP contribution < -0.4 is 10.2 Å². The van der Waals surface area contributed by atoms with Gasteiger partial charge in [0, 0.05) is 6.42 Å². The first kappa shape index (κ1) is 20.2. The predicted molar refractivity (Wildman–Crippen MR) is 116 cm³/mol. The van der Waals surface area contributed by atoms with Gasteiger partial charge < -0.3 is 0 Å². The van der Waals surface area contributed by atoms with Crippen molar-refractivity contribution < 1.29 is 18.8 Å². The Bertz CT molecular complexity index is 1220. The van der Waals surface area contributed by atoms with E-state index in [1.807, 2.05) is 19.1 Å². The number of nitrogens with zero attached hydrogens (tertiary/aromatic N) is 1. The summed E-state index contributed by atoms with van der Waals surface area (Å²) in [5.41, 5.74) is 3.03. The Morgan fingerprint density at radius 3 is 2.23 bits per heavy atom. The maximum atomic E-state index is 14.1. The summed E-state index contributed by atoms with van der Waals surface area (Å²) in [4.78, 5) is 38.8. The lowest BCUT2D eigenvalue weighted by Gasteiger charge is -2.26. The fourth-order valence-electron chi connectivity index (χ4n) is 3.42. The van der Waals surface area contributed by atoms with Crippen LogP contribution in [-0.4, -0.2) is 17.8 Å². The van der Waals surface area contributed by atoms with Crippen LogP contribution in [0, 0.1) is 12.7 Å². The van der Waals surface area contributed by atoms with Crippen LogP contribution in [0.4, 0.5) is 14.9 Å². The first-order valence-corrected chi connectivity index (χ1v) is 9.73. The molecular formula is C25H19FN2O3. The number of nitrogens with one attached hydrogen (secondary N) is 1. The number of amides is 4. The van der Waals surface area contributed by atoms with Crippen molar-refractivity contribution in [1.29, 1.82) is 0 Å². The molecule has 1 saturated heterocycles. The van der Waals surface area contributed by atoms with Crippen LogP contribution in [0.25, 0.3) is 6.08 Å². The zero-order valence-electron chi connectivity index (χ0n) is 16.8. The Morgan fingerprint density at radius 1 is 0.871 bits per heavy atom. The summed E-state index contributed by atoms with van der Waals surface area (Å²) in [6.07, 6.45) is 1.74. The minimum absolute atomic E-state index is 0.166. The van der Waals surface area contributed by atoms with Gasteiger partial charge in [-0.1, -0.05) is 60.2 Å². The van der Waals surface area contributed by atoms with E-state index in [1.54, 1.807) is 54.6 Å². The van der Waals surface area contributed by atoms with E-state index in [-0.39, 0.29) is 11.4 Å². The molecule has 0 aliphatic carbocycles. The molecule has 3 aromatic rings. The van der Waals surface area contributed by atoms with Crippen LogP contribution in [0.1, 0.15) is 22.3 Å². The Hall–Kier alpha value is -4.06. The van der Waals surface area contributed by atoms with Crippen molar-refractivity contribution >= 4 is 29.6 Å². The number of barbiturate groups is 1. The molecule has 0 atom stereocenters. The summed E-state index contributed by atoms with van der Waals surface area (Å²) in [5, 5.41) is 2.22. The molecule has 154 valence electrons. The van der Waals surface area contributed by atoms with E-state index in [1.165, 1.54) is 12.1 Å². The third-order valence-corrected chi connectivity index (χ3v) is 5.09. The third kappa shape index (κ3) is 4.14. The monoisotopic (exact) mass is 414 g/mol. The number of hydrogen-bond acceptors (Lipinski definition) is 3. The van der Waals surface area contributed by atoms with Crippen LogP contribution in [-0.2, 0) is 16.0 Å². The number of anilines is 1. The number of benzene rings is 3. The Morgan fingerprint density at radius 2 is 1.52 bits per heavy atom. The van der Waals surface area contributed by atoms with E-state index in [2.05, 4.69) is 5.32 Å². The Kier molecular flexibility index (Phi) is 5.45. The molecule has 5 nitrogen and oxygen atoms in total. The SMILES string of the molecule is Cc1ccc(N2C(=O)NC(=O)/C(=C\c3ccccc3Cc3ccccc3F)C2=O)cc1. The van der Waals surface area contributed by atoms with Gasteiger partial charge in [0.05, 0.1) is 5.69 Å². The Labute approximate surface area is 178 Å². The summed E-state index contributed by atoms with van der Waals surface area (Å²) in [7, 11) is 0. The van der Waals surface area contributed by atoms with Crippen molar-refractivity contribution in [2.24, 2.45) is 0 Å². The molecule has 3 aromatic carbocycles. The molecule has 0 radical (unpaired) electrons. The van der Waals surface area contributed by atoms with Gasteiger partial charge in [-0.25, -0.2) is 14.1 Å². The molecule has 4 amide bonds. The normalized spacial score (nSPS) is 15.4. The number of carbonyl (C=O) groups is 3. The summed E-state index contributed by atoms with van der Waals surface area (Å²) in [6, 6.07) is 19.6. The van der Waals surface area contributed by atoms with Gasteiger partial charge in [0.25, 0.3) is 11.8 Å². The maximum Gasteiger partial charge on any atom is 0.335 e. The lowest BCUT2D eigenvalue weighted by Crippen LogP contribution is -2.54. The number of urea groups is 1. The van der Waals surface area contributed by atoms with E-state index in [0.717, 1.165) is 16.0 Å². The summed E-state index contributed by atoms with van der Waals surface area (Å²) in [5.74, 6) is -1.80. The molecule has 0 bridgehead atoms. The lowest BCUT2D eigenvalue weighted by atomic mass is 9.97. The van der Waals surface area contributed by atoms with E-state index < -0.39 is 17.8 Å². The second-order valence-electron chi connectivity index (χ2n) is 7.26. The second kappa shape index (κ2) is 8.36. The molecule has 1 aliphatic rings. The van der Waals surface area contributed by atoms with Crippen LogP contribution in [0.2, 0.25) is 0 Å². The van der Waals surface area contributed by atoms with Gasteiger partial charge in [-0.3, -0.25) is 14.9 Å². The highest BCUT2D eigenvalue weighted by atomic mass is 19.1. The highest BCUT2D eigenvalue weighted by molar-refractivity contribution is 6.39. The van der Waals surface area contributed by atoms with Gasteiger partial charge in [0.1, 0.15) is 11.4 Å². The van der Waals surface area contributed by atoms with Gasteiger partial charge >= 0.3 is 6.03 Å². The first-order valence-electron chi connectivity index (χ1n) is 9.73. The zero-order valence-corrected chi connectivity index (χ0v) is 16.8. The van der Waals surface area contributed by atoms with E-state index in [0.29, 0.717) is 23.2 Å². The summed E-state index contributed by atoms with van der Waals surface area (Å²) in [6.45, 7) is 1.89.